The van der Waals surface area contributed by atoms with Crippen LogP contribution in [-0.4, -0.2) is 34.1 Å². The summed E-state index contributed by atoms with van der Waals surface area (Å²) in [4.78, 5) is 22.7. The van der Waals surface area contributed by atoms with Gasteiger partial charge in [0.15, 0.2) is 17.2 Å². The summed E-state index contributed by atoms with van der Waals surface area (Å²) in [5, 5.41) is 15.5. The van der Waals surface area contributed by atoms with E-state index in [0.29, 0.717) is 27.8 Å². The molecular formula is C20H16ClN3O7. The molecule has 1 aromatic heterocycles. The second-order valence-corrected chi connectivity index (χ2v) is 6.79. The number of halogens is 1. The number of carbonyl (C=O) groups excluding carboxylic acids is 1. The molecule has 2 heterocycles. The lowest BCUT2D eigenvalue weighted by atomic mass is 10.2. The van der Waals surface area contributed by atoms with Crippen molar-refractivity contribution in [3.8, 4) is 22.9 Å². The Kier molecular flexibility index (Phi) is 5.63. The molecule has 4 rings (SSSR count). The van der Waals surface area contributed by atoms with Gasteiger partial charge in [-0.3, -0.25) is 10.1 Å². The number of hydrogen-bond donors (Lipinski definition) is 0. The van der Waals surface area contributed by atoms with Crippen molar-refractivity contribution in [2.75, 3.05) is 13.4 Å². The van der Waals surface area contributed by atoms with E-state index in [0.717, 1.165) is 0 Å². The topological polar surface area (TPSA) is 115 Å². The Bertz CT molecular complexity index is 1140. The van der Waals surface area contributed by atoms with Crippen LogP contribution in [0.25, 0.3) is 5.69 Å². The SMILES string of the molecule is CCOC(=O)c1nn(-c2ccc([N+](=O)[O-])cc2)cc1OCc1cc(Cl)c2c(c1)OCO2. The predicted octanol–water partition coefficient (Wildman–Crippen LogP) is 3.92. The van der Waals surface area contributed by atoms with Crippen LogP contribution in [0.15, 0.2) is 42.6 Å². The maximum Gasteiger partial charge on any atom is 0.362 e. The Balaban J connectivity index is 1.60. The fraction of sp³-hybridized carbons (Fsp3) is 0.200. The van der Waals surface area contributed by atoms with Crippen molar-refractivity contribution in [1.82, 2.24) is 9.78 Å². The summed E-state index contributed by atoms with van der Waals surface area (Å²) in [6.07, 6.45) is 1.50. The van der Waals surface area contributed by atoms with Gasteiger partial charge in [-0.1, -0.05) is 11.6 Å². The highest BCUT2D eigenvalue weighted by Gasteiger charge is 2.22. The first-order valence-electron chi connectivity index (χ1n) is 9.18. The van der Waals surface area contributed by atoms with Crippen molar-refractivity contribution in [3.05, 3.63) is 69.0 Å². The van der Waals surface area contributed by atoms with Gasteiger partial charge in [0.2, 0.25) is 12.5 Å². The minimum Gasteiger partial charge on any atom is -0.485 e. The van der Waals surface area contributed by atoms with Crippen molar-refractivity contribution in [1.29, 1.82) is 0 Å². The van der Waals surface area contributed by atoms with Crippen molar-refractivity contribution in [3.63, 3.8) is 0 Å². The molecule has 0 saturated carbocycles. The summed E-state index contributed by atoms with van der Waals surface area (Å²) in [7, 11) is 0. The number of nitro groups is 1. The molecule has 11 heteroatoms. The van der Waals surface area contributed by atoms with Crippen molar-refractivity contribution in [2.24, 2.45) is 0 Å². The maximum atomic E-state index is 12.3. The van der Waals surface area contributed by atoms with E-state index < -0.39 is 10.9 Å². The molecule has 160 valence electrons. The summed E-state index contributed by atoms with van der Waals surface area (Å²) in [6, 6.07) is 9.13. The summed E-state index contributed by atoms with van der Waals surface area (Å²) in [5.74, 6) is 0.523. The molecule has 0 spiro atoms. The molecule has 0 radical (unpaired) electrons. The first-order valence-corrected chi connectivity index (χ1v) is 9.56. The number of hydrogen-bond acceptors (Lipinski definition) is 8. The summed E-state index contributed by atoms with van der Waals surface area (Å²) in [5.41, 5.74) is 1.13. The van der Waals surface area contributed by atoms with Gasteiger partial charge in [0.1, 0.15) is 6.61 Å². The van der Waals surface area contributed by atoms with E-state index in [1.165, 1.54) is 35.1 Å². The summed E-state index contributed by atoms with van der Waals surface area (Å²) >= 11 is 6.20. The molecule has 0 saturated heterocycles. The third kappa shape index (κ3) is 4.24. The van der Waals surface area contributed by atoms with Crippen molar-refractivity contribution < 1.29 is 28.7 Å². The molecule has 31 heavy (non-hydrogen) atoms. The van der Waals surface area contributed by atoms with Crippen LogP contribution >= 0.6 is 11.6 Å². The van der Waals surface area contributed by atoms with E-state index in [2.05, 4.69) is 5.10 Å². The highest BCUT2D eigenvalue weighted by molar-refractivity contribution is 6.32. The van der Waals surface area contributed by atoms with Crippen LogP contribution in [0.5, 0.6) is 17.2 Å². The van der Waals surface area contributed by atoms with Gasteiger partial charge in [-0.05, 0) is 36.8 Å². The number of carbonyl (C=O) groups is 1. The number of fused-ring (bicyclic) bond motifs is 1. The lowest BCUT2D eigenvalue weighted by molar-refractivity contribution is -0.384. The molecule has 0 aliphatic carbocycles. The zero-order chi connectivity index (χ0) is 22.0. The van der Waals surface area contributed by atoms with Gasteiger partial charge in [0, 0.05) is 12.1 Å². The quantitative estimate of drug-likeness (QED) is 0.305. The van der Waals surface area contributed by atoms with Gasteiger partial charge in [-0.2, -0.15) is 5.10 Å². The first-order chi connectivity index (χ1) is 15.0. The monoisotopic (exact) mass is 445 g/mol. The number of benzene rings is 2. The number of nitrogens with zero attached hydrogens (tertiary/aromatic N) is 3. The zero-order valence-corrected chi connectivity index (χ0v) is 17.0. The number of esters is 1. The maximum absolute atomic E-state index is 12.3. The first kappa shape index (κ1) is 20.5. The van der Waals surface area contributed by atoms with Gasteiger partial charge >= 0.3 is 5.97 Å². The fourth-order valence-corrected chi connectivity index (χ4v) is 3.22. The van der Waals surface area contributed by atoms with Crippen LogP contribution in [0.1, 0.15) is 23.0 Å². The van der Waals surface area contributed by atoms with Gasteiger partial charge < -0.3 is 18.9 Å². The molecular weight excluding hydrogens is 430 g/mol. The number of aromatic nitrogens is 2. The minimum absolute atomic E-state index is 0.0213. The standard InChI is InChI=1S/C20H16ClN3O7/c1-2-28-20(25)18-17(9-23(22-18)13-3-5-14(6-4-13)24(26)27)29-10-12-7-15(21)19-16(8-12)30-11-31-19/h3-9H,2,10-11H2,1H3. The van der Waals surface area contributed by atoms with Crippen LogP contribution in [0.3, 0.4) is 0 Å². The average Bonchev–Trinajstić information content (AvgIpc) is 3.40. The lowest BCUT2D eigenvalue weighted by Crippen LogP contribution is -2.08. The van der Waals surface area contributed by atoms with Gasteiger partial charge in [0.05, 0.1) is 28.4 Å². The molecule has 1 aliphatic rings. The van der Waals surface area contributed by atoms with Crippen molar-refractivity contribution >= 4 is 23.3 Å². The van der Waals surface area contributed by atoms with Crippen molar-refractivity contribution in [2.45, 2.75) is 13.5 Å². The Hall–Kier alpha value is -3.79. The van der Waals surface area contributed by atoms with Crippen LogP contribution in [-0.2, 0) is 11.3 Å². The number of non-ortho nitro benzene ring substituents is 1. The Morgan fingerprint density at radius 1 is 1.29 bits per heavy atom. The molecule has 0 bridgehead atoms. The third-order valence-electron chi connectivity index (χ3n) is 4.36. The lowest BCUT2D eigenvalue weighted by Gasteiger charge is -2.07. The Labute approximate surface area is 181 Å². The fourth-order valence-electron chi connectivity index (χ4n) is 2.93. The minimum atomic E-state index is -0.651. The van der Waals surface area contributed by atoms with Gasteiger partial charge in [0.25, 0.3) is 5.69 Å². The molecule has 0 fully saturated rings. The van der Waals surface area contributed by atoms with E-state index in [4.69, 9.17) is 30.5 Å². The normalized spacial score (nSPS) is 11.9. The average molecular weight is 446 g/mol. The highest BCUT2D eigenvalue weighted by atomic mass is 35.5. The van der Waals surface area contributed by atoms with Crippen LogP contribution in [0.2, 0.25) is 5.02 Å². The Morgan fingerprint density at radius 3 is 2.77 bits per heavy atom. The summed E-state index contributed by atoms with van der Waals surface area (Å²) in [6.45, 7) is 2.02. The van der Waals surface area contributed by atoms with Crippen LogP contribution in [0, 0.1) is 10.1 Å². The third-order valence-corrected chi connectivity index (χ3v) is 4.64. The smallest absolute Gasteiger partial charge is 0.362 e. The van der Waals surface area contributed by atoms with E-state index in [1.807, 2.05) is 0 Å². The van der Waals surface area contributed by atoms with Crippen LogP contribution < -0.4 is 14.2 Å². The highest BCUT2D eigenvalue weighted by Crippen LogP contribution is 2.40. The molecule has 10 nitrogen and oxygen atoms in total. The molecule has 3 aromatic rings. The van der Waals surface area contributed by atoms with E-state index in [1.54, 1.807) is 19.1 Å². The van der Waals surface area contributed by atoms with Crippen LogP contribution in [0.4, 0.5) is 5.69 Å². The largest absolute Gasteiger partial charge is 0.485 e. The number of rotatable bonds is 7. The zero-order valence-electron chi connectivity index (χ0n) is 16.2. The predicted molar refractivity (Wildman–Crippen MR) is 108 cm³/mol. The second kappa shape index (κ2) is 8.52. The van der Waals surface area contributed by atoms with E-state index >= 15 is 0 Å². The molecule has 2 aromatic carbocycles. The number of nitro benzene ring substituents is 1. The van der Waals surface area contributed by atoms with Gasteiger partial charge in [-0.25, -0.2) is 9.48 Å². The molecule has 0 unspecified atom stereocenters. The summed E-state index contributed by atoms with van der Waals surface area (Å²) < 4.78 is 22.9. The van der Waals surface area contributed by atoms with E-state index in [9.17, 15) is 14.9 Å². The number of ether oxygens (including phenoxy) is 4. The Morgan fingerprint density at radius 2 is 2.06 bits per heavy atom. The molecule has 1 aliphatic heterocycles. The second-order valence-electron chi connectivity index (χ2n) is 6.38. The molecule has 0 N–H and O–H groups in total. The molecule has 0 atom stereocenters. The molecule has 0 amide bonds. The van der Waals surface area contributed by atoms with E-state index in [-0.39, 0.29) is 37.1 Å². The van der Waals surface area contributed by atoms with Gasteiger partial charge in [-0.15, -0.1) is 0 Å².